The molecule has 0 radical (unpaired) electrons. The Morgan fingerprint density at radius 1 is 0.528 bits per heavy atom. The topological polar surface area (TPSA) is 201 Å². The molecule has 4 aliphatic carbocycles. The fourth-order valence-corrected chi connectivity index (χ4v) is 23.5. The second-order valence-corrected chi connectivity index (χ2v) is 39.0. The number of methoxy groups -OCH3 is 2. The largest absolute Gasteiger partial charge is 0.490 e. The summed E-state index contributed by atoms with van der Waals surface area (Å²) in [5, 5.41) is -0.0581. The van der Waals surface area contributed by atoms with Crippen LogP contribution in [0.4, 0.5) is 11.4 Å². The van der Waals surface area contributed by atoms with Gasteiger partial charge in [0, 0.05) is 163 Å². The third kappa shape index (κ3) is 15.9. The number of hydrogen-bond acceptors (Lipinski definition) is 18. The van der Waals surface area contributed by atoms with E-state index in [1.807, 2.05) is 64.5 Å². The summed E-state index contributed by atoms with van der Waals surface area (Å²) in [6.07, 6.45) is 22.4. The molecule has 2 spiro atoms. The number of carbonyl (C=O) groups is 2. The van der Waals surface area contributed by atoms with Crippen LogP contribution < -0.4 is 28.7 Å². The molecule has 1 unspecified atom stereocenters. The predicted octanol–water partition coefficient (Wildman–Crippen LogP) is 11.4. The lowest BCUT2D eigenvalue weighted by atomic mass is 9.63. The third-order valence-corrected chi connectivity index (χ3v) is 32.1. The molecule has 14 atom stereocenters. The highest BCUT2D eigenvalue weighted by molar-refractivity contribution is 7.91. The Morgan fingerprint density at radius 2 is 0.944 bits per heavy atom. The molecule has 4 bridgehead atoms. The minimum atomic E-state index is -3.96. The number of piperazine rings is 2. The van der Waals surface area contributed by atoms with Gasteiger partial charge in [0.15, 0.2) is 0 Å². The lowest BCUT2D eigenvalue weighted by Gasteiger charge is -2.52. The summed E-state index contributed by atoms with van der Waals surface area (Å²) in [5.74, 6) is 0.966. The first-order valence-electron chi connectivity index (χ1n) is 40.3. The van der Waals surface area contributed by atoms with E-state index in [0.717, 1.165) is 228 Å². The number of nitrogens with one attached hydrogen (secondary N) is 2. The van der Waals surface area contributed by atoms with E-state index in [1.165, 1.54) is 22.3 Å². The highest BCUT2D eigenvalue weighted by Crippen LogP contribution is 2.52. The maximum atomic E-state index is 13.7. The number of carbonyl (C=O) groups excluding carboxylic acids is 2. The average Bonchev–Trinajstić information content (AvgIpc) is 1.55. The van der Waals surface area contributed by atoms with Gasteiger partial charge in [-0.05, 0) is 222 Å². The fourth-order valence-electron chi connectivity index (χ4n) is 20.5. The average molecular weight is 1560 g/mol. The number of benzene rings is 4. The van der Waals surface area contributed by atoms with Crippen molar-refractivity contribution in [2.24, 2.45) is 35.5 Å². The van der Waals surface area contributed by atoms with Crippen LogP contribution in [0.15, 0.2) is 97.1 Å². The van der Waals surface area contributed by atoms with Crippen molar-refractivity contribution < 1.29 is 54.8 Å². The van der Waals surface area contributed by atoms with E-state index in [9.17, 15) is 26.4 Å². The van der Waals surface area contributed by atoms with Gasteiger partial charge in [0.05, 0.1) is 48.3 Å². The van der Waals surface area contributed by atoms with Gasteiger partial charge in [-0.25, -0.2) is 26.3 Å². The molecule has 2 amide bonds. The maximum Gasteiger partial charge on any atom is 0.264 e. The standard InChI is InChI=1S/2C42H57ClN4O6S/c2*1-29-6-4-16-42(51-3,27-45-17-19-46(20-18-45)35-14-21-52-25-35)37-11-8-33(37)24-47-26-41(15-5-7-31-22-34(43)10-12-36(31)41)28-53-39-13-9-32(23-38(39)47)40(48)44-54(49,50)30(29)2/h2*4,9-10,12-13,16,22-23,29-30,33,35,37H,5-8,11,14-15,17-21,24-28H2,1-3H3,(H,44,48)/b2*16-4+/t29-,30+,33-,35?,37+,41-,42+;29-,30+,33-,35-,37+,41-,42+/m00/s1. The summed E-state index contributed by atoms with van der Waals surface area (Å²) in [7, 11) is -4.20. The molecule has 0 aromatic heterocycles. The van der Waals surface area contributed by atoms with Crippen molar-refractivity contribution in [2.45, 2.75) is 162 Å². The minimum Gasteiger partial charge on any atom is -0.490 e. The van der Waals surface area contributed by atoms with Crippen LogP contribution in [0.1, 0.15) is 148 Å². The van der Waals surface area contributed by atoms with Gasteiger partial charge in [0.25, 0.3) is 11.8 Å². The summed E-state index contributed by atoms with van der Waals surface area (Å²) in [5.41, 5.74) is 5.81. The van der Waals surface area contributed by atoms with Crippen LogP contribution in [0.5, 0.6) is 11.5 Å². The van der Waals surface area contributed by atoms with Crippen molar-refractivity contribution in [3.05, 3.63) is 141 Å². The number of sulfonamides is 2. The molecule has 4 saturated heterocycles. The van der Waals surface area contributed by atoms with Gasteiger partial charge >= 0.3 is 0 Å². The Kier molecular flexibility index (Phi) is 23.3. The van der Waals surface area contributed by atoms with E-state index in [4.69, 9.17) is 51.6 Å². The summed E-state index contributed by atoms with van der Waals surface area (Å²) < 4.78 is 97.6. The molecule has 16 rings (SSSR count). The highest BCUT2D eigenvalue weighted by Gasteiger charge is 2.53. The zero-order valence-corrected chi connectivity index (χ0v) is 67.4. The molecule has 2 saturated carbocycles. The molecule has 588 valence electrons. The number of rotatable bonds is 8. The zero-order chi connectivity index (χ0) is 75.3. The Morgan fingerprint density at radius 3 is 1.31 bits per heavy atom. The van der Waals surface area contributed by atoms with Crippen molar-refractivity contribution in [1.82, 2.24) is 29.0 Å². The van der Waals surface area contributed by atoms with E-state index < -0.39 is 53.6 Å². The normalized spacial score (nSPS) is 35.2. The summed E-state index contributed by atoms with van der Waals surface area (Å²) >= 11 is 13.0. The summed E-state index contributed by atoms with van der Waals surface area (Å²) in [6, 6.07) is 24.4. The summed E-state index contributed by atoms with van der Waals surface area (Å²) in [6.45, 7) is 24.2. The van der Waals surface area contributed by atoms with E-state index in [-0.39, 0.29) is 34.5 Å². The Labute approximate surface area is 651 Å². The number of allylic oxidation sites excluding steroid dienone is 2. The van der Waals surface area contributed by atoms with Gasteiger partial charge in [-0.1, -0.05) is 73.5 Å². The molecule has 20 nitrogen and oxygen atoms in total. The number of halogens is 2. The van der Waals surface area contributed by atoms with Crippen LogP contribution in [0, 0.1) is 35.5 Å². The molecule has 4 aromatic carbocycles. The first-order chi connectivity index (χ1) is 52.0. The number of hydrogen-bond donors (Lipinski definition) is 2. The SMILES string of the molecule is CO[C@@]1(CN2CCN(C3CCOC3)CC2)/C=C/C[C@H](C)[C@@H](C)S(=O)(=O)NC(=O)c2ccc3c(c2)N(C[C@@H]2CC[C@H]21)C[C@@]1(CCCc2cc(Cl)ccc21)CO3.CO[C@@]1(CN2CCN([C@H]3CCOC3)CC2)/C=C/C[C@H](C)[C@@H](C)S(=O)(=O)NC(=O)c2ccc3c(c2)N(C[C@@H]2CC[C@H]21)C[C@@]1(CCCc2cc(Cl)ccc21)CO3. The molecule has 6 fully saturated rings. The van der Waals surface area contributed by atoms with Crippen molar-refractivity contribution in [3.8, 4) is 11.5 Å². The van der Waals surface area contributed by atoms with Crippen LogP contribution in [0.2, 0.25) is 10.0 Å². The quantitative estimate of drug-likeness (QED) is 0.158. The number of nitrogens with zero attached hydrogens (tertiary/aromatic N) is 6. The van der Waals surface area contributed by atoms with Gasteiger partial charge in [-0.3, -0.25) is 29.2 Å². The van der Waals surface area contributed by atoms with Gasteiger partial charge < -0.3 is 38.2 Å². The molecule has 12 aliphatic rings. The van der Waals surface area contributed by atoms with Crippen LogP contribution in [0.3, 0.4) is 0 Å². The second kappa shape index (κ2) is 32.3. The van der Waals surface area contributed by atoms with Crippen LogP contribution >= 0.6 is 23.2 Å². The van der Waals surface area contributed by atoms with Crippen LogP contribution in [0.25, 0.3) is 0 Å². The van der Waals surface area contributed by atoms with Crippen LogP contribution in [-0.2, 0) is 62.7 Å². The van der Waals surface area contributed by atoms with Crippen LogP contribution in [-0.4, -0.2) is 228 Å². The molecule has 2 N–H and O–H groups in total. The van der Waals surface area contributed by atoms with E-state index in [1.54, 1.807) is 26.0 Å². The first-order valence-corrected chi connectivity index (χ1v) is 44.1. The molecular weight excluding hydrogens is 1450 g/mol. The molecule has 24 heteroatoms. The van der Waals surface area contributed by atoms with Crippen molar-refractivity contribution >= 4 is 66.4 Å². The lowest BCUT2D eigenvalue weighted by Crippen LogP contribution is -2.59. The van der Waals surface area contributed by atoms with E-state index >= 15 is 0 Å². The number of ether oxygens (including phenoxy) is 6. The fraction of sp³-hybridized carbons (Fsp3) is 0.643. The predicted molar refractivity (Wildman–Crippen MR) is 424 cm³/mol. The third-order valence-electron chi connectivity index (χ3n) is 27.8. The van der Waals surface area contributed by atoms with Gasteiger partial charge in [0.1, 0.15) is 22.7 Å². The zero-order valence-electron chi connectivity index (χ0n) is 64.2. The molecular formula is C84H114Cl2N8O12S2. The highest BCUT2D eigenvalue weighted by atomic mass is 35.5. The number of amides is 2. The number of fused-ring (bicyclic) bond motifs is 8. The lowest BCUT2D eigenvalue weighted by molar-refractivity contribution is -0.0965. The van der Waals surface area contributed by atoms with Crippen molar-refractivity contribution in [2.75, 3.05) is 155 Å². The molecule has 108 heavy (non-hydrogen) atoms. The maximum absolute atomic E-state index is 13.7. The van der Waals surface area contributed by atoms with E-state index in [0.29, 0.717) is 61.1 Å². The Balaban J connectivity index is 0.000000172. The van der Waals surface area contributed by atoms with Gasteiger partial charge in [-0.2, -0.15) is 0 Å². The van der Waals surface area contributed by atoms with Crippen molar-refractivity contribution in [1.29, 1.82) is 0 Å². The number of aryl methyl sites for hydroxylation is 2. The first kappa shape index (κ1) is 78.0. The van der Waals surface area contributed by atoms with Gasteiger partial charge in [0.2, 0.25) is 20.0 Å². The minimum absolute atomic E-state index is 0.219. The Bertz CT molecular complexity index is 3960. The molecule has 4 aromatic rings. The molecule has 8 heterocycles. The summed E-state index contributed by atoms with van der Waals surface area (Å²) in [4.78, 5) is 42.5. The smallest absolute Gasteiger partial charge is 0.264 e. The van der Waals surface area contributed by atoms with Gasteiger partial charge in [-0.15, -0.1) is 0 Å². The second-order valence-electron chi connectivity index (χ2n) is 34.0. The van der Waals surface area contributed by atoms with E-state index in [2.05, 4.69) is 87.4 Å². The number of anilines is 2. The molecule has 8 aliphatic heterocycles. The Hall–Kier alpha value is -5.34. The monoisotopic (exact) mass is 1560 g/mol. The van der Waals surface area contributed by atoms with Crippen molar-refractivity contribution in [3.63, 3.8) is 0 Å².